The lowest BCUT2D eigenvalue weighted by Crippen LogP contribution is -2.38. The molecule has 1 amide bonds. The number of aromatic amines is 1. The van der Waals surface area contributed by atoms with E-state index >= 15 is 0 Å². The first-order chi connectivity index (χ1) is 12.8. The Bertz CT molecular complexity index is 827. The van der Waals surface area contributed by atoms with Gasteiger partial charge in [0.05, 0.1) is 6.33 Å². The average Bonchev–Trinajstić information content (AvgIpc) is 3.31. The van der Waals surface area contributed by atoms with Crippen LogP contribution in [-0.4, -0.2) is 45.5 Å². The maximum absolute atomic E-state index is 12.2. The number of H-pyrrole nitrogens is 1. The molecule has 1 aliphatic heterocycles. The Morgan fingerprint density at radius 1 is 1.46 bits per heavy atom. The lowest BCUT2D eigenvalue weighted by Gasteiger charge is -2.31. The molecule has 4 rings (SSSR count). The second kappa shape index (κ2) is 7.55. The van der Waals surface area contributed by atoms with Crippen LogP contribution in [0.5, 0.6) is 0 Å². The normalized spacial score (nSPS) is 17.5. The predicted octanol–water partition coefficient (Wildman–Crippen LogP) is 1.91. The van der Waals surface area contributed by atoms with E-state index in [0.717, 1.165) is 38.0 Å². The number of nitrogens with zero attached hydrogens (tertiary/aromatic N) is 4. The van der Waals surface area contributed by atoms with Gasteiger partial charge in [0, 0.05) is 50.6 Å². The number of anilines is 1. The van der Waals surface area contributed by atoms with E-state index in [9.17, 15) is 4.79 Å². The second-order valence-electron chi connectivity index (χ2n) is 6.66. The van der Waals surface area contributed by atoms with Crippen LogP contribution in [0.1, 0.15) is 25.0 Å². The Labute approximate surface area is 151 Å². The highest BCUT2D eigenvalue weighted by molar-refractivity contribution is 5.76. The summed E-state index contributed by atoms with van der Waals surface area (Å²) in [5.74, 6) is 0.398. The number of imidazole rings is 1. The maximum atomic E-state index is 12.2. The number of piperidine rings is 1. The summed E-state index contributed by atoms with van der Waals surface area (Å²) < 4.78 is 5.81. The molecule has 0 spiro atoms. The molecule has 1 unspecified atom stereocenters. The van der Waals surface area contributed by atoms with Crippen LogP contribution >= 0.6 is 0 Å². The molecule has 0 aromatic carbocycles. The van der Waals surface area contributed by atoms with Crippen molar-refractivity contribution in [3.8, 4) is 0 Å². The van der Waals surface area contributed by atoms with Gasteiger partial charge in [-0.15, -0.1) is 0 Å². The van der Waals surface area contributed by atoms with Crippen molar-refractivity contribution in [3.05, 3.63) is 36.5 Å². The van der Waals surface area contributed by atoms with Crippen molar-refractivity contribution in [1.29, 1.82) is 0 Å². The number of amides is 1. The molecule has 1 fully saturated rings. The lowest BCUT2D eigenvalue weighted by atomic mass is 9.94. The minimum absolute atomic E-state index is 0.0931. The van der Waals surface area contributed by atoms with Gasteiger partial charge < -0.3 is 19.6 Å². The summed E-state index contributed by atoms with van der Waals surface area (Å²) in [6.07, 6.45) is 8.49. The Morgan fingerprint density at radius 3 is 3.27 bits per heavy atom. The molecule has 0 radical (unpaired) electrons. The Kier molecular flexibility index (Phi) is 4.81. The first-order valence-corrected chi connectivity index (χ1v) is 8.98. The van der Waals surface area contributed by atoms with Crippen LogP contribution in [0, 0.1) is 5.92 Å². The van der Waals surface area contributed by atoms with Gasteiger partial charge in [-0.1, -0.05) is 0 Å². The predicted molar refractivity (Wildman–Crippen MR) is 96.7 cm³/mol. The van der Waals surface area contributed by atoms with Crippen molar-refractivity contribution in [2.24, 2.45) is 5.92 Å². The van der Waals surface area contributed by atoms with E-state index in [0.29, 0.717) is 36.1 Å². The van der Waals surface area contributed by atoms with Crippen molar-refractivity contribution in [2.75, 3.05) is 24.5 Å². The zero-order valence-corrected chi connectivity index (χ0v) is 14.5. The standard InChI is InChI=1S/C18H22N6O2/c25-16(20-7-5-14-10-19-12-22-14)9-13-3-2-8-24(11-13)18-23-17-15(26-18)4-1-6-21-17/h1,4,6,10,12-13H,2-3,5,7-9,11H2,(H,19,22)(H,20,25). The molecule has 0 bridgehead atoms. The molecule has 1 aliphatic rings. The summed E-state index contributed by atoms with van der Waals surface area (Å²) >= 11 is 0. The average molecular weight is 354 g/mol. The van der Waals surface area contributed by atoms with Gasteiger partial charge in [-0.05, 0) is 30.9 Å². The highest BCUT2D eigenvalue weighted by atomic mass is 16.4. The third-order valence-electron chi connectivity index (χ3n) is 4.69. The SMILES string of the molecule is O=C(CC1CCCN(c2nc3ncccc3o2)C1)NCCc1cnc[nH]1. The number of aromatic nitrogens is 4. The van der Waals surface area contributed by atoms with Crippen molar-refractivity contribution in [3.63, 3.8) is 0 Å². The largest absolute Gasteiger partial charge is 0.422 e. The lowest BCUT2D eigenvalue weighted by molar-refractivity contribution is -0.122. The highest BCUT2D eigenvalue weighted by Crippen LogP contribution is 2.26. The molecule has 3 aromatic rings. The molecule has 4 heterocycles. The molecule has 2 N–H and O–H groups in total. The summed E-state index contributed by atoms with van der Waals surface area (Å²) in [4.78, 5) is 30.0. The van der Waals surface area contributed by atoms with Crippen LogP contribution in [0.15, 0.2) is 35.3 Å². The van der Waals surface area contributed by atoms with E-state index in [1.54, 1.807) is 18.7 Å². The molecule has 8 heteroatoms. The number of oxazole rings is 1. The first-order valence-electron chi connectivity index (χ1n) is 8.98. The van der Waals surface area contributed by atoms with Gasteiger partial charge in [0.15, 0.2) is 5.58 Å². The zero-order chi connectivity index (χ0) is 17.8. The molecule has 0 saturated carbocycles. The van der Waals surface area contributed by atoms with E-state index in [2.05, 4.69) is 30.2 Å². The Morgan fingerprint density at radius 2 is 2.42 bits per heavy atom. The maximum Gasteiger partial charge on any atom is 0.299 e. The van der Waals surface area contributed by atoms with E-state index in [1.807, 2.05) is 12.1 Å². The summed E-state index contributed by atoms with van der Waals surface area (Å²) in [5.41, 5.74) is 2.35. The van der Waals surface area contributed by atoms with Crippen LogP contribution in [0.3, 0.4) is 0 Å². The monoisotopic (exact) mass is 354 g/mol. The third kappa shape index (κ3) is 3.84. The Hall–Kier alpha value is -2.90. The number of rotatable bonds is 6. The summed E-state index contributed by atoms with van der Waals surface area (Å²) in [6.45, 7) is 2.29. The number of nitrogens with one attached hydrogen (secondary N) is 2. The van der Waals surface area contributed by atoms with Crippen LogP contribution in [0.25, 0.3) is 11.2 Å². The van der Waals surface area contributed by atoms with E-state index in [1.165, 1.54) is 0 Å². The second-order valence-corrected chi connectivity index (χ2v) is 6.66. The molecular formula is C18H22N6O2. The molecule has 3 aromatic heterocycles. The molecule has 0 aliphatic carbocycles. The van der Waals surface area contributed by atoms with Crippen LogP contribution in [-0.2, 0) is 11.2 Å². The third-order valence-corrected chi connectivity index (χ3v) is 4.69. The fourth-order valence-corrected chi connectivity index (χ4v) is 3.39. The summed E-state index contributed by atoms with van der Waals surface area (Å²) in [5, 5.41) is 2.99. The molecule has 1 saturated heterocycles. The van der Waals surface area contributed by atoms with Crippen LogP contribution in [0.2, 0.25) is 0 Å². The minimum Gasteiger partial charge on any atom is -0.422 e. The number of hydrogen-bond acceptors (Lipinski definition) is 6. The minimum atomic E-state index is 0.0931. The van der Waals surface area contributed by atoms with Gasteiger partial charge in [0.25, 0.3) is 6.01 Å². The number of hydrogen-bond donors (Lipinski definition) is 2. The topological polar surface area (TPSA) is 99.9 Å². The number of pyridine rings is 1. The van der Waals surface area contributed by atoms with Crippen molar-refractivity contribution in [2.45, 2.75) is 25.7 Å². The van der Waals surface area contributed by atoms with Gasteiger partial charge >= 0.3 is 0 Å². The molecule has 136 valence electrons. The zero-order valence-electron chi connectivity index (χ0n) is 14.5. The first kappa shape index (κ1) is 16.6. The smallest absolute Gasteiger partial charge is 0.299 e. The number of fused-ring (bicyclic) bond motifs is 1. The molecule has 8 nitrogen and oxygen atoms in total. The number of carbonyl (C=O) groups excluding carboxylic acids is 1. The van der Waals surface area contributed by atoms with Gasteiger partial charge in [-0.3, -0.25) is 4.79 Å². The van der Waals surface area contributed by atoms with Crippen LogP contribution in [0.4, 0.5) is 6.01 Å². The van der Waals surface area contributed by atoms with Crippen molar-refractivity contribution in [1.82, 2.24) is 25.3 Å². The van der Waals surface area contributed by atoms with Crippen LogP contribution < -0.4 is 10.2 Å². The van der Waals surface area contributed by atoms with Gasteiger partial charge in [0.1, 0.15) is 0 Å². The Balaban J connectivity index is 1.29. The molecule has 26 heavy (non-hydrogen) atoms. The fraction of sp³-hybridized carbons (Fsp3) is 0.444. The highest BCUT2D eigenvalue weighted by Gasteiger charge is 2.25. The van der Waals surface area contributed by atoms with E-state index < -0.39 is 0 Å². The van der Waals surface area contributed by atoms with E-state index in [-0.39, 0.29) is 5.91 Å². The quantitative estimate of drug-likeness (QED) is 0.701. The van der Waals surface area contributed by atoms with Crippen molar-refractivity contribution < 1.29 is 9.21 Å². The fourth-order valence-electron chi connectivity index (χ4n) is 3.39. The summed E-state index contributed by atoms with van der Waals surface area (Å²) in [6, 6.07) is 4.31. The van der Waals surface area contributed by atoms with Crippen molar-refractivity contribution >= 4 is 23.2 Å². The summed E-state index contributed by atoms with van der Waals surface area (Å²) in [7, 11) is 0. The van der Waals surface area contributed by atoms with Gasteiger partial charge in [-0.2, -0.15) is 4.98 Å². The van der Waals surface area contributed by atoms with Gasteiger partial charge in [0.2, 0.25) is 11.6 Å². The molecular weight excluding hydrogens is 332 g/mol. The van der Waals surface area contributed by atoms with E-state index in [4.69, 9.17) is 4.42 Å². The molecule has 1 atom stereocenters. The number of carbonyl (C=O) groups is 1. The van der Waals surface area contributed by atoms with Gasteiger partial charge in [-0.25, -0.2) is 9.97 Å².